The third kappa shape index (κ3) is 3.67. The van der Waals surface area contributed by atoms with Gasteiger partial charge in [0.25, 0.3) is 0 Å². The highest BCUT2D eigenvalue weighted by molar-refractivity contribution is 6.67. The summed E-state index contributed by atoms with van der Waals surface area (Å²) in [6, 6.07) is 3.13. The molecule has 0 saturated heterocycles. The van der Waals surface area contributed by atoms with Crippen LogP contribution in [-0.4, -0.2) is 3.79 Å². The van der Waals surface area contributed by atoms with E-state index in [2.05, 4.69) is 0 Å². The summed E-state index contributed by atoms with van der Waals surface area (Å²) in [7, 11) is 0. The van der Waals surface area contributed by atoms with Gasteiger partial charge in [-0.1, -0.05) is 40.9 Å². The molecule has 1 rings (SSSR count). The van der Waals surface area contributed by atoms with Gasteiger partial charge >= 0.3 is 0 Å². The third-order valence-electron chi connectivity index (χ3n) is 1.41. The molecule has 0 aromatic heterocycles. The summed E-state index contributed by atoms with van der Waals surface area (Å²) in [5.41, 5.74) is 0.182. The molecule has 13 heavy (non-hydrogen) atoms. The summed E-state index contributed by atoms with van der Waals surface area (Å²) in [4.78, 5) is 0. The molecule has 72 valence electrons. The normalized spacial score (nSPS) is 11.8. The van der Waals surface area contributed by atoms with E-state index in [1.165, 1.54) is 6.07 Å². The van der Waals surface area contributed by atoms with Crippen LogP contribution in [0.3, 0.4) is 0 Å². The van der Waals surface area contributed by atoms with E-state index in [1.807, 2.05) is 0 Å². The first-order valence-corrected chi connectivity index (χ1v) is 4.52. The first kappa shape index (κ1) is 11.0. The van der Waals surface area contributed by atoms with Crippen LogP contribution in [0.25, 0.3) is 0 Å². The maximum Gasteiger partial charge on any atom is 0.194 e. The van der Waals surface area contributed by atoms with Gasteiger partial charge in [0.1, 0.15) is 11.6 Å². The van der Waals surface area contributed by atoms with Gasteiger partial charge in [0.2, 0.25) is 0 Å². The Labute approximate surface area is 89.4 Å². The van der Waals surface area contributed by atoms with E-state index in [0.29, 0.717) is 0 Å². The van der Waals surface area contributed by atoms with E-state index < -0.39 is 15.4 Å². The molecule has 0 amide bonds. The molecule has 5 heteroatoms. The molecule has 0 spiro atoms. The highest BCUT2D eigenvalue weighted by Gasteiger charge is 2.22. The van der Waals surface area contributed by atoms with E-state index in [0.717, 1.165) is 12.1 Å². The highest BCUT2D eigenvalue weighted by Crippen LogP contribution is 2.31. The number of rotatable bonds is 1. The maximum atomic E-state index is 13.0. The van der Waals surface area contributed by atoms with Crippen molar-refractivity contribution in [1.29, 1.82) is 0 Å². The molecule has 0 N–H and O–H groups in total. The lowest BCUT2D eigenvalue weighted by Gasteiger charge is -2.10. The maximum absolute atomic E-state index is 13.0. The van der Waals surface area contributed by atoms with E-state index in [1.54, 1.807) is 0 Å². The first-order valence-electron chi connectivity index (χ1n) is 3.39. The summed E-state index contributed by atoms with van der Waals surface area (Å²) in [6.45, 7) is 0. The Morgan fingerprint density at radius 1 is 1.15 bits per heavy atom. The minimum atomic E-state index is -1.56. The van der Waals surface area contributed by atoms with E-state index in [4.69, 9.17) is 34.8 Å². The van der Waals surface area contributed by atoms with Crippen molar-refractivity contribution in [2.45, 2.75) is 10.2 Å². The molecule has 0 heterocycles. The minimum Gasteiger partial charge on any atom is -0.207 e. The summed E-state index contributed by atoms with van der Waals surface area (Å²) in [5, 5.41) is 0. The molecule has 0 fully saturated rings. The van der Waals surface area contributed by atoms with Gasteiger partial charge in [-0.15, -0.1) is 0 Å². The molecule has 0 aliphatic heterocycles. The molecule has 0 aliphatic rings. The lowest BCUT2D eigenvalue weighted by atomic mass is 10.1. The van der Waals surface area contributed by atoms with Gasteiger partial charge < -0.3 is 0 Å². The van der Waals surface area contributed by atoms with Gasteiger partial charge in [0.15, 0.2) is 3.79 Å². The van der Waals surface area contributed by atoms with Crippen LogP contribution in [0.4, 0.5) is 8.78 Å². The molecule has 0 saturated carbocycles. The number of halogens is 5. The highest BCUT2D eigenvalue weighted by atomic mass is 35.6. The monoisotopic (exact) mass is 244 g/mol. The summed E-state index contributed by atoms with van der Waals surface area (Å²) >= 11 is 16.3. The standard InChI is InChI=1S/C8H5Cl3F2/c9-8(10,11)4-5-1-2-6(12)3-7(5)13/h1-3H,4H2. The van der Waals surface area contributed by atoms with Gasteiger partial charge in [-0.3, -0.25) is 0 Å². The molecule has 0 bridgehead atoms. The fraction of sp³-hybridized carbons (Fsp3) is 0.250. The second-order valence-electron chi connectivity index (χ2n) is 2.53. The molecule has 1 aromatic rings. The lowest BCUT2D eigenvalue weighted by molar-refractivity contribution is 0.572. The van der Waals surface area contributed by atoms with Gasteiger partial charge in [-0.2, -0.15) is 0 Å². The number of hydrogen-bond acceptors (Lipinski definition) is 0. The third-order valence-corrected chi connectivity index (χ3v) is 1.81. The molecular formula is C8H5Cl3F2. The topological polar surface area (TPSA) is 0 Å². The van der Waals surface area contributed by atoms with Crippen LogP contribution in [0.5, 0.6) is 0 Å². The van der Waals surface area contributed by atoms with Crippen LogP contribution in [0, 0.1) is 11.6 Å². The van der Waals surface area contributed by atoms with Crippen LogP contribution >= 0.6 is 34.8 Å². The molecule has 1 aromatic carbocycles. The fourth-order valence-corrected chi connectivity index (χ4v) is 1.31. The average Bonchev–Trinajstić information content (AvgIpc) is 1.93. The number of alkyl halides is 3. The van der Waals surface area contributed by atoms with Crippen molar-refractivity contribution in [1.82, 2.24) is 0 Å². The van der Waals surface area contributed by atoms with Gasteiger partial charge in [-0.05, 0) is 11.6 Å². The molecule has 0 unspecified atom stereocenters. The van der Waals surface area contributed by atoms with Gasteiger partial charge in [-0.25, -0.2) is 8.78 Å². The summed E-state index contributed by atoms with van der Waals surface area (Å²) in [6.07, 6.45) is -0.0796. The second kappa shape index (κ2) is 3.99. The summed E-state index contributed by atoms with van der Waals surface area (Å²) in [5.74, 6) is -1.35. The van der Waals surface area contributed by atoms with Crippen LogP contribution in [0.2, 0.25) is 0 Å². The smallest absolute Gasteiger partial charge is 0.194 e. The van der Waals surface area contributed by atoms with Crippen LogP contribution in [0.15, 0.2) is 18.2 Å². The number of hydrogen-bond donors (Lipinski definition) is 0. The van der Waals surface area contributed by atoms with Crippen LogP contribution in [-0.2, 0) is 6.42 Å². The average molecular weight is 245 g/mol. The predicted molar refractivity (Wildman–Crippen MR) is 50.4 cm³/mol. The van der Waals surface area contributed by atoms with Crippen molar-refractivity contribution in [3.05, 3.63) is 35.4 Å². The Bertz CT molecular complexity index is 307. The first-order chi connectivity index (χ1) is 5.88. The Kier molecular flexibility index (Phi) is 3.38. The van der Waals surface area contributed by atoms with Crippen molar-refractivity contribution < 1.29 is 8.78 Å². The molecule has 0 atom stereocenters. The Balaban J connectivity index is 2.90. The molecule has 0 nitrogen and oxygen atoms in total. The van der Waals surface area contributed by atoms with Crippen molar-refractivity contribution >= 4 is 34.8 Å². The Morgan fingerprint density at radius 2 is 1.77 bits per heavy atom. The molecular weight excluding hydrogens is 240 g/mol. The molecule has 0 aliphatic carbocycles. The second-order valence-corrected chi connectivity index (χ2v) is 5.04. The van der Waals surface area contributed by atoms with E-state index >= 15 is 0 Å². The van der Waals surface area contributed by atoms with Crippen molar-refractivity contribution in [3.63, 3.8) is 0 Å². The van der Waals surface area contributed by atoms with Crippen LogP contribution in [0.1, 0.15) is 5.56 Å². The zero-order valence-electron chi connectivity index (χ0n) is 6.33. The van der Waals surface area contributed by atoms with Crippen molar-refractivity contribution in [3.8, 4) is 0 Å². The van der Waals surface area contributed by atoms with Crippen LogP contribution < -0.4 is 0 Å². The van der Waals surface area contributed by atoms with E-state index in [-0.39, 0.29) is 12.0 Å². The fourth-order valence-electron chi connectivity index (χ4n) is 0.881. The quantitative estimate of drug-likeness (QED) is 0.659. The van der Waals surface area contributed by atoms with E-state index in [9.17, 15) is 8.78 Å². The van der Waals surface area contributed by atoms with Crippen molar-refractivity contribution in [2.75, 3.05) is 0 Å². The minimum absolute atomic E-state index is 0.0796. The molecule has 0 radical (unpaired) electrons. The SMILES string of the molecule is Fc1ccc(CC(Cl)(Cl)Cl)c(F)c1. The summed E-state index contributed by atoms with van der Waals surface area (Å²) < 4.78 is 23.8. The lowest BCUT2D eigenvalue weighted by Crippen LogP contribution is -2.08. The zero-order chi connectivity index (χ0) is 10.1. The van der Waals surface area contributed by atoms with Gasteiger partial charge in [0, 0.05) is 12.5 Å². The Morgan fingerprint density at radius 3 is 2.23 bits per heavy atom. The van der Waals surface area contributed by atoms with Gasteiger partial charge in [0.05, 0.1) is 0 Å². The predicted octanol–water partition coefficient (Wildman–Crippen LogP) is 3.88. The zero-order valence-corrected chi connectivity index (χ0v) is 8.60. The Hall–Kier alpha value is -0.0500. The largest absolute Gasteiger partial charge is 0.207 e. The van der Waals surface area contributed by atoms with Crippen molar-refractivity contribution in [2.24, 2.45) is 0 Å². The number of benzene rings is 1.